The molecule has 4 nitrogen and oxygen atoms in total. The van der Waals surface area contributed by atoms with Crippen LogP contribution in [0.1, 0.15) is 5.69 Å². The van der Waals surface area contributed by atoms with Gasteiger partial charge in [0.2, 0.25) is 0 Å². The fourth-order valence-corrected chi connectivity index (χ4v) is 1.91. The van der Waals surface area contributed by atoms with Crippen LogP contribution in [0.25, 0.3) is 11.1 Å². The van der Waals surface area contributed by atoms with E-state index in [2.05, 4.69) is 4.98 Å². The van der Waals surface area contributed by atoms with Crippen LogP contribution in [0.2, 0.25) is 5.02 Å². The first kappa shape index (κ1) is 13.2. The number of methoxy groups -OCH3 is 2. The minimum atomic E-state index is 0.243. The van der Waals surface area contributed by atoms with E-state index in [1.165, 1.54) is 7.11 Å². The molecule has 2 rings (SSSR count). The number of ether oxygens (including phenoxy) is 2. The highest BCUT2D eigenvalue weighted by atomic mass is 35.5. The number of halogens is 1. The van der Waals surface area contributed by atoms with Gasteiger partial charge in [0.05, 0.1) is 14.2 Å². The van der Waals surface area contributed by atoms with Gasteiger partial charge in [0.15, 0.2) is 11.4 Å². The Morgan fingerprint density at radius 2 is 1.89 bits per heavy atom. The maximum absolute atomic E-state index is 8.92. The van der Waals surface area contributed by atoms with Crippen molar-refractivity contribution in [3.63, 3.8) is 0 Å². The number of hydrogen-bond acceptors (Lipinski definition) is 4. The summed E-state index contributed by atoms with van der Waals surface area (Å²) in [5, 5.41) is 9.51. The van der Waals surface area contributed by atoms with Crippen molar-refractivity contribution in [3.8, 4) is 28.7 Å². The molecule has 19 heavy (non-hydrogen) atoms. The van der Waals surface area contributed by atoms with E-state index in [9.17, 15) is 0 Å². The Bertz CT molecular complexity index is 650. The molecule has 0 unspecified atom stereocenters. The molecule has 0 radical (unpaired) electrons. The second-order valence-electron chi connectivity index (χ2n) is 3.73. The molecule has 2 aromatic rings. The molecule has 0 spiro atoms. The summed E-state index contributed by atoms with van der Waals surface area (Å²) in [7, 11) is 3.08. The minimum absolute atomic E-state index is 0.243. The topological polar surface area (TPSA) is 55.1 Å². The van der Waals surface area contributed by atoms with E-state index in [4.69, 9.17) is 26.3 Å². The van der Waals surface area contributed by atoms with Crippen LogP contribution in [0.15, 0.2) is 30.5 Å². The molecular formula is C14H11ClN2O2. The van der Waals surface area contributed by atoms with Crippen LogP contribution in [0.4, 0.5) is 0 Å². The van der Waals surface area contributed by atoms with E-state index in [-0.39, 0.29) is 5.69 Å². The monoisotopic (exact) mass is 274 g/mol. The average Bonchev–Trinajstić information content (AvgIpc) is 2.46. The minimum Gasteiger partial charge on any atom is -0.496 e. The van der Waals surface area contributed by atoms with E-state index in [0.29, 0.717) is 16.5 Å². The largest absolute Gasteiger partial charge is 0.496 e. The normalized spacial score (nSPS) is 9.79. The van der Waals surface area contributed by atoms with E-state index >= 15 is 0 Å². The van der Waals surface area contributed by atoms with E-state index in [1.807, 2.05) is 6.07 Å². The van der Waals surface area contributed by atoms with Crippen molar-refractivity contribution in [2.75, 3.05) is 14.2 Å². The fourth-order valence-electron chi connectivity index (χ4n) is 1.74. The first-order valence-corrected chi connectivity index (χ1v) is 5.85. The molecule has 96 valence electrons. The zero-order valence-corrected chi connectivity index (χ0v) is 11.2. The van der Waals surface area contributed by atoms with Gasteiger partial charge in [-0.15, -0.1) is 0 Å². The van der Waals surface area contributed by atoms with Crippen molar-refractivity contribution >= 4 is 11.6 Å². The lowest BCUT2D eigenvalue weighted by Crippen LogP contribution is -1.94. The highest BCUT2D eigenvalue weighted by molar-refractivity contribution is 6.31. The molecule has 1 heterocycles. The molecule has 0 fully saturated rings. The van der Waals surface area contributed by atoms with Crippen LogP contribution in [-0.4, -0.2) is 19.2 Å². The molecule has 0 aliphatic heterocycles. The van der Waals surface area contributed by atoms with Crippen molar-refractivity contribution in [1.29, 1.82) is 5.26 Å². The molecule has 1 aromatic carbocycles. The molecule has 1 aromatic heterocycles. The maximum Gasteiger partial charge on any atom is 0.182 e. The van der Waals surface area contributed by atoms with Crippen LogP contribution in [0.3, 0.4) is 0 Å². The number of benzene rings is 1. The van der Waals surface area contributed by atoms with Gasteiger partial charge in [-0.25, -0.2) is 4.98 Å². The molecule has 0 aliphatic carbocycles. The zero-order chi connectivity index (χ0) is 13.8. The Kier molecular flexibility index (Phi) is 3.88. The summed E-state index contributed by atoms with van der Waals surface area (Å²) in [4.78, 5) is 4.06. The van der Waals surface area contributed by atoms with Crippen molar-refractivity contribution < 1.29 is 9.47 Å². The Hall–Kier alpha value is -2.25. The third kappa shape index (κ3) is 2.61. The van der Waals surface area contributed by atoms with Gasteiger partial charge in [0.1, 0.15) is 11.8 Å². The van der Waals surface area contributed by atoms with E-state index in [1.54, 1.807) is 37.6 Å². The number of nitrogens with zero attached hydrogens (tertiary/aromatic N) is 2. The highest BCUT2D eigenvalue weighted by Gasteiger charge is 2.11. The molecule has 0 saturated carbocycles. The van der Waals surface area contributed by atoms with Crippen LogP contribution < -0.4 is 9.47 Å². The third-order valence-corrected chi connectivity index (χ3v) is 2.89. The Labute approximate surface area is 116 Å². The van der Waals surface area contributed by atoms with Crippen LogP contribution in [0, 0.1) is 11.3 Å². The summed E-state index contributed by atoms with van der Waals surface area (Å²) in [6, 6.07) is 9.02. The third-order valence-electron chi connectivity index (χ3n) is 2.65. The van der Waals surface area contributed by atoms with Crippen LogP contribution in [0.5, 0.6) is 11.5 Å². The molecule has 0 N–H and O–H groups in total. The Morgan fingerprint density at radius 1 is 1.16 bits per heavy atom. The molecule has 5 heteroatoms. The van der Waals surface area contributed by atoms with E-state index in [0.717, 1.165) is 11.1 Å². The summed E-state index contributed by atoms with van der Waals surface area (Å²) in [6.07, 6.45) is 1.59. The lowest BCUT2D eigenvalue weighted by atomic mass is 10.1. The predicted octanol–water partition coefficient (Wildman–Crippen LogP) is 3.29. The van der Waals surface area contributed by atoms with Gasteiger partial charge in [-0.2, -0.15) is 5.26 Å². The van der Waals surface area contributed by atoms with Crippen molar-refractivity contribution in [2.45, 2.75) is 0 Å². The quantitative estimate of drug-likeness (QED) is 0.862. The molecular weight excluding hydrogens is 264 g/mol. The number of aromatic nitrogens is 1. The highest BCUT2D eigenvalue weighted by Crippen LogP contribution is 2.34. The second kappa shape index (κ2) is 5.59. The Balaban J connectivity index is 2.59. The number of pyridine rings is 1. The first-order valence-electron chi connectivity index (χ1n) is 5.47. The molecule has 0 bridgehead atoms. The van der Waals surface area contributed by atoms with Gasteiger partial charge in [0.25, 0.3) is 0 Å². The summed E-state index contributed by atoms with van der Waals surface area (Å²) in [5.74, 6) is 1.10. The fraction of sp³-hybridized carbons (Fsp3) is 0.143. The first-order chi connectivity index (χ1) is 9.19. The van der Waals surface area contributed by atoms with Crippen molar-refractivity contribution in [1.82, 2.24) is 4.98 Å². The van der Waals surface area contributed by atoms with Gasteiger partial charge >= 0.3 is 0 Å². The Morgan fingerprint density at radius 3 is 2.53 bits per heavy atom. The smallest absolute Gasteiger partial charge is 0.182 e. The molecule has 0 amide bonds. The van der Waals surface area contributed by atoms with Gasteiger partial charge in [-0.3, -0.25) is 0 Å². The maximum atomic E-state index is 8.92. The molecule has 0 saturated heterocycles. The summed E-state index contributed by atoms with van der Waals surface area (Å²) < 4.78 is 10.4. The average molecular weight is 275 g/mol. The lowest BCUT2D eigenvalue weighted by molar-refractivity contribution is 0.411. The predicted molar refractivity (Wildman–Crippen MR) is 72.5 cm³/mol. The second-order valence-corrected chi connectivity index (χ2v) is 4.17. The van der Waals surface area contributed by atoms with Gasteiger partial charge in [-0.05, 0) is 24.3 Å². The summed E-state index contributed by atoms with van der Waals surface area (Å²) in [6.45, 7) is 0. The van der Waals surface area contributed by atoms with E-state index < -0.39 is 0 Å². The van der Waals surface area contributed by atoms with Crippen LogP contribution >= 0.6 is 11.6 Å². The van der Waals surface area contributed by atoms with Gasteiger partial charge in [-0.1, -0.05) is 11.6 Å². The van der Waals surface area contributed by atoms with Crippen molar-refractivity contribution in [3.05, 3.63) is 41.2 Å². The van der Waals surface area contributed by atoms with Gasteiger partial charge < -0.3 is 9.47 Å². The standard InChI is InChI=1S/C14H11ClN2O2/c1-18-13-4-3-10(15)6-11(13)9-5-14(19-2)12(7-16)17-8-9/h3-6,8H,1-2H3. The van der Waals surface area contributed by atoms with Gasteiger partial charge in [0, 0.05) is 22.3 Å². The molecule has 0 aliphatic rings. The molecule has 0 atom stereocenters. The lowest BCUT2D eigenvalue weighted by Gasteiger charge is -2.10. The summed E-state index contributed by atoms with van der Waals surface area (Å²) >= 11 is 6.00. The van der Waals surface area contributed by atoms with Crippen molar-refractivity contribution in [2.24, 2.45) is 0 Å². The number of hydrogen-bond donors (Lipinski definition) is 0. The number of nitriles is 1. The SMILES string of the molecule is COc1ccc(Cl)cc1-c1cnc(C#N)c(OC)c1. The zero-order valence-electron chi connectivity index (χ0n) is 10.5. The van der Waals surface area contributed by atoms with Crippen LogP contribution in [-0.2, 0) is 0 Å². The summed E-state index contributed by atoms with van der Waals surface area (Å²) in [5.41, 5.74) is 1.81. The number of rotatable bonds is 3.